The fourth-order valence-electron chi connectivity index (χ4n) is 2.45. The van der Waals surface area contributed by atoms with E-state index in [1.807, 2.05) is 42.7 Å². The zero-order valence-electron chi connectivity index (χ0n) is 13.3. The molecule has 0 unspecified atom stereocenters. The average Bonchev–Trinajstić information content (AvgIpc) is 2.84. The third-order valence-corrected chi connectivity index (χ3v) is 3.64. The predicted molar refractivity (Wildman–Crippen MR) is 85.2 cm³/mol. The van der Waals surface area contributed by atoms with Crippen LogP contribution in [0.15, 0.2) is 24.3 Å². The predicted octanol–water partition coefficient (Wildman–Crippen LogP) is 1.54. The molecule has 0 bridgehead atoms. The summed E-state index contributed by atoms with van der Waals surface area (Å²) in [4.78, 5) is 29.9. The molecule has 0 atom stereocenters. The van der Waals surface area contributed by atoms with Crippen LogP contribution in [0.1, 0.15) is 26.6 Å². The van der Waals surface area contributed by atoms with Crippen molar-refractivity contribution in [2.75, 3.05) is 13.1 Å². The van der Waals surface area contributed by atoms with Gasteiger partial charge in [-0.15, -0.1) is 0 Å². The maximum absolute atomic E-state index is 12.4. The van der Waals surface area contributed by atoms with Crippen LogP contribution in [0.3, 0.4) is 0 Å². The second kappa shape index (κ2) is 7.06. The number of imidazole rings is 1. The Bertz CT molecular complexity index is 674. The second-order valence-corrected chi connectivity index (χ2v) is 5.08. The Balaban J connectivity index is 2.34. The van der Waals surface area contributed by atoms with Gasteiger partial charge in [-0.25, -0.2) is 4.98 Å². The van der Waals surface area contributed by atoms with E-state index in [9.17, 15) is 9.59 Å². The lowest BCUT2D eigenvalue weighted by atomic mass is 10.3. The highest BCUT2D eigenvalue weighted by molar-refractivity contribution is 5.81. The molecule has 2 rings (SSSR count). The van der Waals surface area contributed by atoms with Crippen LogP contribution < -0.4 is 5.32 Å². The number of carbonyl (C=O) groups excluding carboxylic acids is 2. The van der Waals surface area contributed by atoms with Gasteiger partial charge >= 0.3 is 0 Å². The maximum atomic E-state index is 12.4. The van der Waals surface area contributed by atoms with E-state index in [0.29, 0.717) is 25.5 Å². The normalized spacial score (nSPS) is 10.7. The second-order valence-electron chi connectivity index (χ2n) is 5.08. The van der Waals surface area contributed by atoms with Crippen molar-refractivity contribution in [3.63, 3.8) is 0 Å². The highest BCUT2D eigenvalue weighted by Crippen LogP contribution is 2.16. The van der Waals surface area contributed by atoms with E-state index in [2.05, 4.69) is 10.3 Å². The molecule has 2 amide bonds. The van der Waals surface area contributed by atoms with Gasteiger partial charge in [0, 0.05) is 20.0 Å². The summed E-state index contributed by atoms with van der Waals surface area (Å²) in [5, 5.41) is 2.75. The van der Waals surface area contributed by atoms with Crippen LogP contribution in [0, 0.1) is 0 Å². The Morgan fingerprint density at radius 2 is 1.91 bits per heavy atom. The van der Waals surface area contributed by atoms with Gasteiger partial charge in [0.15, 0.2) is 0 Å². The summed E-state index contributed by atoms with van der Waals surface area (Å²) in [5.74, 6) is 0.628. The third kappa shape index (κ3) is 3.44. The van der Waals surface area contributed by atoms with Crippen molar-refractivity contribution in [2.45, 2.75) is 33.9 Å². The van der Waals surface area contributed by atoms with Crippen molar-refractivity contribution < 1.29 is 9.59 Å². The molecule has 2 aromatic rings. The van der Waals surface area contributed by atoms with E-state index >= 15 is 0 Å². The molecular formula is C16H22N4O2. The van der Waals surface area contributed by atoms with Crippen molar-refractivity contribution in [3.8, 4) is 0 Å². The molecular weight excluding hydrogens is 280 g/mol. The van der Waals surface area contributed by atoms with Crippen molar-refractivity contribution in [1.29, 1.82) is 0 Å². The van der Waals surface area contributed by atoms with Crippen LogP contribution in [-0.4, -0.2) is 39.4 Å². The van der Waals surface area contributed by atoms with Gasteiger partial charge in [-0.2, -0.15) is 0 Å². The topological polar surface area (TPSA) is 67.2 Å². The fraction of sp³-hybridized carbons (Fsp3) is 0.438. The SMILES string of the molecule is CCN(CC)C(=O)Cn1c(CNC(C)=O)nc2ccccc21. The zero-order valence-corrected chi connectivity index (χ0v) is 13.3. The molecule has 0 fully saturated rings. The summed E-state index contributed by atoms with van der Waals surface area (Å²) in [7, 11) is 0. The van der Waals surface area contributed by atoms with Crippen LogP contribution in [-0.2, 0) is 22.7 Å². The van der Waals surface area contributed by atoms with Gasteiger partial charge in [0.2, 0.25) is 11.8 Å². The first kappa shape index (κ1) is 16.0. The number of nitrogens with one attached hydrogen (secondary N) is 1. The van der Waals surface area contributed by atoms with Crippen LogP contribution in [0.5, 0.6) is 0 Å². The molecule has 0 saturated heterocycles. The number of likely N-dealkylation sites (N-methyl/N-ethyl adjacent to an activating group) is 1. The molecule has 6 heteroatoms. The largest absolute Gasteiger partial charge is 0.349 e. The molecule has 118 valence electrons. The van der Waals surface area contributed by atoms with E-state index < -0.39 is 0 Å². The molecule has 1 aromatic heterocycles. The Labute approximate surface area is 130 Å². The highest BCUT2D eigenvalue weighted by Gasteiger charge is 2.16. The molecule has 6 nitrogen and oxygen atoms in total. The lowest BCUT2D eigenvalue weighted by Gasteiger charge is -2.20. The van der Waals surface area contributed by atoms with Crippen molar-refractivity contribution in [3.05, 3.63) is 30.1 Å². The number of benzene rings is 1. The molecule has 0 aliphatic heterocycles. The molecule has 0 spiro atoms. The molecule has 0 saturated carbocycles. The van der Waals surface area contributed by atoms with E-state index in [0.717, 1.165) is 11.0 Å². The summed E-state index contributed by atoms with van der Waals surface area (Å²) in [6.45, 7) is 7.31. The van der Waals surface area contributed by atoms with E-state index in [1.54, 1.807) is 4.90 Å². The maximum Gasteiger partial charge on any atom is 0.242 e. The quantitative estimate of drug-likeness (QED) is 0.880. The first-order valence-corrected chi connectivity index (χ1v) is 7.53. The van der Waals surface area contributed by atoms with Crippen LogP contribution in [0.2, 0.25) is 0 Å². The number of para-hydroxylation sites is 2. The van der Waals surface area contributed by atoms with E-state index in [1.165, 1.54) is 6.92 Å². The summed E-state index contributed by atoms with van der Waals surface area (Å²) in [5.41, 5.74) is 1.73. The van der Waals surface area contributed by atoms with Crippen molar-refractivity contribution in [2.24, 2.45) is 0 Å². The molecule has 22 heavy (non-hydrogen) atoms. The fourth-order valence-corrected chi connectivity index (χ4v) is 2.45. The summed E-state index contributed by atoms with van der Waals surface area (Å²) in [6, 6.07) is 7.68. The monoisotopic (exact) mass is 302 g/mol. The minimum absolute atomic E-state index is 0.0530. The summed E-state index contributed by atoms with van der Waals surface area (Å²) in [6.07, 6.45) is 0. The van der Waals surface area contributed by atoms with Gasteiger partial charge < -0.3 is 14.8 Å². The van der Waals surface area contributed by atoms with Crippen molar-refractivity contribution >= 4 is 22.8 Å². The summed E-state index contributed by atoms with van der Waals surface area (Å²) < 4.78 is 1.88. The minimum atomic E-state index is -0.117. The lowest BCUT2D eigenvalue weighted by molar-refractivity contribution is -0.131. The van der Waals surface area contributed by atoms with Gasteiger partial charge in [0.05, 0.1) is 17.6 Å². The van der Waals surface area contributed by atoms with Gasteiger partial charge in [0.1, 0.15) is 12.4 Å². The van der Waals surface area contributed by atoms with Gasteiger partial charge in [0.25, 0.3) is 0 Å². The molecule has 1 aromatic carbocycles. The first-order chi connectivity index (χ1) is 10.6. The number of amides is 2. The molecule has 1 heterocycles. The number of aromatic nitrogens is 2. The van der Waals surface area contributed by atoms with Crippen LogP contribution in [0.4, 0.5) is 0 Å². The van der Waals surface area contributed by atoms with Crippen molar-refractivity contribution in [1.82, 2.24) is 19.8 Å². The number of fused-ring (bicyclic) bond motifs is 1. The van der Waals surface area contributed by atoms with Gasteiger partial charge in [-0.05, 0) is 26.0 Å². The number of hydrogen-bond donors (Lipinski definition) is 1. The van der Waals surface area contributed by atoms with E-state index in [4.69, 9.17) is 0 Å². The molecule has 0 aliphatic carbocycles. The number of hydrogen-bond acceptors (Lipinski definition) is 3. The zero-order chi connectivity index (χ0) is 16.1. The molecule has 0 radical (unpaired) electrons. The Kier molecular flexibility index (Phi) is 5.14. The summed E-state index contributed by atoms with van der Waals surface area (Å²) >= 11 is 0. The number of nitrogens with zero attached hydrogens (tertiary/aromatic N) is 3. The van der Waals surface area contributed by atoms with Crippen LogP contribution >= 0.6 is 0 Å². The minimum Gasteiger partial charge on any atom is -0.349 e. The Hall–Kier alpha value is -2.37. The standard InChI is InChI=1S/C16H22N4O2/c1-4-19(5-2)16(22)11-20-14-9-7-6-8-13(14)18-15(20)10-17-12(3)21/h6-9H,4-5,10-11H2,1-3H3,(H,17,21). The Morgan fingerprint density at radius 3 is 2.55 bits per heavy atom. The number of rotatable bonds is 6. The smallest absolute Gasteiger partial charge is 0.242 e. The van der Waals surface area contributed by atoms with Gasteiger partial charge in [-0.3, -0.25) is 9.59 Å². The van der Waals surface area contributed by atoms with Crippen LogP contribution in [0.25, 0.3) is 11.0 Å². The highest BCUT2D eigenvalue weighted by atomic mass is 16.2. The van der Waals surface area contributed by atoms with E-state index in [-0.39, 0.29) is 18.4 Å². The molecule has 0 aliphatic rings. The molecule has 1 N–H and O–H groups in total. The Morgan fingerprint density at radius 1 is 1.23 bits per heavy atom. The van der Waals surface area contributed by atoms with Gasteiger partial charge in [-0.1, -0.05) is 12.1 Å². The lowest BCUT2D eigenvalue weighted by Crippen LogP contribution is -2.34. The first-order valence-electron chi connectivity index (χ1n) is 7.53. The average molecular weight is 302 g/mol. The number of carbonyl (C=O) groups is 2. The third-order valence-electron chi connectivity index (χ3n) is 3.64.